The third-order valence-corrected chi connectivity index (χ3v) is 2.69. The minimum absolute atomic E-state index is 0.0441. The Labute approximate surface area is 104 Å². The Morgan fingerprint density at radius 3 is 2.67 bits per heavy atom. The molecule has 18 heavy (non-hydrogen) atoms. The van der Waals surface area contributed by atoms with Crippen molar-refractivity contribution < 1.29 is 13.9 Å². The van der Waals surface area contributed by atoms with E-state index < -0.39 is 17.7 Å². The van der Waals surface area contributed by atoms with Gasteiger partial charge in [-0.1, -0.05) is 6.07 Å². The first-order valence-corrected chi connectivity index (χ1v) is 5.61. The standard InChI is InChI=1S/C14H13F2NO/c1-9-2-4-11(17-8-9)7-14(18)12-6-10(15)3-5-13(12)16/h2-6,8,14,18H,7H2,1H3. The van der Waals surface area contributed by atoms with E-state index in [0.717, 1.165) is 23.8 Å². The van der Waals surface area contributed by atoms with Crippen LogP contribution in [0.3, 0.4) is 0 Å². The Morgan fingerprint density at radius 2 is 2.00 bits per heavy atom. The number of rotatable bonds is 3. The fraction of sp³-hybridized carbons (Fsp3) is 0.214. The highest BCUT2D eigenvalue weighted by Crippen LogP contribution is 2.21. The Morgan fingerprint density at radius 1 is 1.22 bits per heavy atom. The van der Waals surface area contributed by atoms with Gasteiger partial charge in [0.05, 0.1) is 6.10 Å². The van der Waals surface area contributed by atoms with E-state index >= 15 is 0 Å². The van der Waals surface area contributed by atoms with Crippen LogP contribution in [0.15, 0.2) is 36.5 Å². The molecule has 0 aliphatic heterocycles. The molecule has 0 aliphatic carbocycles. The lowest BCUT2D eigenvalue weighted by Crippen LogP contribution is -2.06. The lowest BCUT2D eigenvalue weighted by atomic mass is 10.0. The highest BCUT2D eigenvalue weighted by atomic mass is 19.1. The predicted octanol–water partition coefficient (Wildman–Crippen LogP) is 2.94. The summed E-state index contributed by atoms with van der Waals surface area (Å²) in [6.07, 6.45) is 0.723. The Balaban J connectivity index is 2.18. The van der Waals surface area contributed by atoms with Gasteiger partial charge in [0.1, 0.15) is 11.6 Å². The van der Waals surface area contributed by atoms with Gasteiger partial charge in [-0.05, 0) is 36.8 Å². The molecule has 0 aliphatic rings. The van der Waals surface area contributed by atoms with Gasteiger partial charge in [0.2, 0.25) is 0 Å². The largest absolute Gasteiger partial charge is 0.388 e. The summed E-state index contributed by atoms with van der Waals surface area (Å²) < 4.78 is 26.4. The Bertz CT molecular complexity index is 540. The van der Waals surface area contributed by atoms with Crippen molar-refractivity contribution in [3.05, 3.63) is 65.0 Å². The lowest BCUT2D eigenvalue weighted by molar-refractivity contribution is 0.172. The van der Waals surface area contributed by atoms with E-state index in [9.17, 15) is 13.9 Å². The van der Waals surface area contributed by atoms with Crippen LogP contribution in [-0.2, 0) is 6.42 Å². The molecular weight excluding hydrogens is 236 g/mol. The highest BCUT2D eigenvalue weighted by Gasteiger charge is 2.15. The number of aryl methyl sites for hydroxylation is 1. The number of pyridine rings is 1. The van der Waals surface area contributed by atoms with Crippen molar-refractivity contribution in [2.45, 2.75) is 19.4 Å². The smallest absolute Gasteiger partial charge is 0.129 e. The first-order chi connectivity index (χ1) is 8.56. The van der Waals surface area contributed by atoms with Crippen LogP contribution in [0.1, 0.15) is 22.9 Å². The maximum Gasteiger partial charge on any atom is 0.129 e. The molecule has 1 heterocycles. The van der Waals surface area contributed by atoms with Gasteiger partial charge in [-0.15, -0.1) is 0 Å². The van der Waals surface area contributed by atoms with Gasteiger partial charge in [-0.3, -0.25) is 4.98 Å². The summed E-state index contributed by atoms with van der Waals surface area (Å²) in [5, 5.41) is 9.90. The molecule has 1 atom stereocenters. The molecule has 4 heteroatoms. The van der Waals surface area contributed by atoms with Gasteiger partial charge in [0.25, 0.3) is 0 Å². The zero-order valence-electron chi connectivity index (χ0n) is 9.90. The van der Waals surface area contributed by atoms with Gasteiger partial charge < -0.3 is 5.11 Å². The van der Waals surface area contributed by atoms with Crippen LogP contribution >= 0.6 is 0 Å². The molecule has 0 bridgehead atoms. The van der Waals surface area contributed by atoms with Crippen molar-refractivity contribution in [1.82, 2.24) is 4.98 Å². The molecule has 94 valence electrons. The molecule has 0 amide bonds. The molecule has 0 saturated carbocycles. The number of hydrogen-bond donors (Lipinski definition) is 1. The average molecular weight is 249 g/mol. The third kappa shape index (κ3) is 2.90. The predicted molar refractivity (Wildman–Crippen MR) is 64.0 cm³/mol. The number of halogens is 2. The van der Waals surface area contributed by atoms with Gasteiger partial charge in [0.15, 0.2) is 0 Å². The van der Waals surface area contributed by atoms with Crippen LogP contribution in [-0.4, -0.2) is 10.1 Å². The summed E-state index contributed by atoms with van der Waals surface area (Å²) in [6.45, 7) is 1.90. The van der Waals surface area contributed by atoms with Crippen LogP contribution in [0, 0.1) is 18.6 Å². The maximum absolute atomic E-state index is 13.4. The first-order valence-electron chi connectivity index (χ1n) is 5.61. The molecule has 1 unspecified atom stereocenters. The summed E-state index contributed by atoms with van der Waals surface area (Å²) in [4.78, 5) is 4.12. The molecular formula is C14H13F2NO. The molecule has 2 rings (SSSR count). The van der Waals surface area contributed by atoms with E-state index in [1.165, 1.54) is 0 Å². The van der Waals surface area contributed by atoms with Crippen molar-refractivity contribution >= 4 is 0 Å². The van der Waals surface area contributed by atoms with Gasteiger partial charge in [0, 0.05) is 23.9 Å². The highest BCUT2D eigenvalue weighted by molar-refractivity contribution is 5.23. The van der Waals surface area contributed by atoms with Crippen LogP contribution in [0.4, 0.5) is 8.78 Å². The minimum atomic E-state index is -1.10. The summed E-state index contributed by atoms with van der Waals surface area (Å²) in [5.41, 5.74) is 1.60. The van der Waals surface area contributed by atoms with E-state index in [1.807, 2.05) is 13.0 Å². The molecule has 1 N–H and O–H groups in total. The second-order valence-electron chi connectivity index (χ2n) is 4.21. The number of benzene rings is 1. The summed E-state index contributed by atoms with van der Waals surface area (Å²) >= 11 is 0. The monoisotopic (exact) mass is 249 g/mol. The molecule has 0 radical (unpaired) electrons. The van der Waals surface area contributed by atoms with Gasteiger partial charge >= 0.3 is 0 Å². The number of hydrogen-bond acceptors (Lipinski definition) is 2. The van der Waals surface area contributed by atoms with Gasteiger partial charge in [-0.25, -0.2) is 8.78 Å². The van der Waals surface area contributed by atoms with Crippen LogP contribution in [0.5, 0.6) is 0 Å². The van der Waals surface area contributed by atoms with Crippen molar-refractivity contribution in [3.63, 3.8) is 0 Å². The van der Waals surface area contributed by atoms with E-state index in [2.05, 4.69) is 4.98 Å². The number of aliphatic hydroxyl groups excluding tert-OH is 1. The molecule has 0 fully saturated rings. The quantitative estimate of drug-likeness (QED) is 0.907. The first kappa shape index (κ1) is 12.6. The van der Waals surface area contributed by atoms with E-state index in [0.29, 0.717) is 5.69 Å². The molecule has 1 aromatic carbocycles. The minimum Gasteiger partial charge on any atom is -0.388 e. The third-order valence-electron chi connectivity index (χ3n) is 2.69. The van der Waals surface area contributed by atoms with Crippen molar-refractivity contribution in [2.75, 3.05) is 0 Å². The average Bonchev–Trinajstić information content (AvgIpc) is 2.35. The fourth-order valence-corrected chi connectivity index (χ4v) is 1.70. The number of nitrogens with zero attached hydrogens (tertiary/aromatic N) is 1. The van der Waals surface area contributed by atoms with Crippen LogP contribution < -0.4 is 0 Å². The zero-order chi connectivity index (χ0) is 13.1. The van der Waals surface area contributed by atoms with E-state index in [-0.39, 0.29) is 12.0 Å². The topological polar surface area (TPSA) is 33.1 Å². The molecule has 0 saturated heterocycles. The number of aromatic nitrogens is 1. The SMILES string of the molecule is Cc1ccc(CC(O)c2cc(F)ccc2F)nc1. The van der Waals surface area contributed by atoms with Crippen molar-refractivity contribution in [3.8, 4) is 0 Å². The van der Waals surface area contributed by atoms with E-state index in [4.69, 9.17) is 0 Å². The second-order valence-corrected chi connectivity index (χ2v) is 4.21. The van der Waals surface area contributed by atoms with Crippen molar-refractivity contribution in [1.29, 1.82) is 0 Å². The fourth-order valence-electron chi connectivity index (χ4n) is 1.70. The van der Waals surface area contributed by atoms with Crippen molar-refractivity contribution in [2.24, 2.45) is 0 Å². The zero-order valence-corrected chi connectivity index (χ0v) is 9.90. The Hall–Kier alpha value is -1.81. The van der Waals surface area contributed by atoms with E-state index in [1.54, 1.807) is 12.3 Å². The van der Waals surface area contributed by atoms with Gasteiger partial charge in [-0.2, -0.15) is 0 Å². The second kappa shape index (κ2) is 5.23. The summed E-state index contributed by atoms with van der Waals surface area (Å²) in [7, 11) is 0. The Kier molecular flexibility index (Phi) is 3.67. The summed E-state index contributed by atoms with van der Waals surface area (Å²) in [5.74, 6) is -1.18. The van der Waals surface area contributed by atoms with Crippen LogP contribution in [0.25, 0.3) is 0 Å². The number of aliphatic hydroxyl groups is 1. The summed E-state index contributed by atoms with van der Waals surface area (Å²) in [6, 6.07) is 6.66. The maximum atomic E-state index is 13.4. The molecule has 1 aromatic heterocycles. The molecule has 2 aromatic rings. The molecule has 0 spiro atoms. The normalized spacial score (nSPS) is 12.4. The lowest BCUT2D eigenvalue weighted by Gasteiger charge is -2.11. The molecule has 2 nitrogen and oxygen atoms in total. The van der Waals surface area contributed by atoms with Crippen LogP contribution in [0.2, 0.25) is 0 Å².